The monoisotopic (exact) mass is 1530 g/mol. The summed E-state index contributed by atoms with van der Waals surface area (Å²) in [4.78, 5) is 58.8. The average Bonchev–Trinajstić information content (AvgIpc) is 0.903. The van der Waals surface area contributed by atoms with Gasteiger partial charge in [0.05, 0.1) is 26.4 Å². The minimum absolute atomic E-state index is 0.0756. The van der Waals surface area contributed by atoms with Crippen LogP contribution in [0.3, 0.4) is 0 Å². The molecule has 0 amide bonds. The van der Waals surface area contributed by atoms with Crippen molar-refractivity contribution in [2.24, 2.45) is 0 Å². The van der Waals surface area contributed by atoms with Gasteiger partial charge in [-0.3, -0.25) is 32.5 Å². The second-order valence-electron chi connectivity index (χ2n) is 26.1. The van der Waals surface area contributed by atoms with Gasteiger partial charge in [0.1, 0.15) is 25.4 Å². The summed E-state index contributed by atoms with van der Waals surface area (Å²) in [5, 5.41) is 20.7. The quantitative estimate of drug-likeness (QED) is 0.0146. The van der Waals surface area contributed by atoms with Crippen LogP contribution in [0.4, 0.5) is 0 Å². The number of allylic oxidation sites excluding steroid dienone is 34. The number of aliphatic hydroxyl groups is 2. The van der Waals surface area contributed by atoms with Crippen molar-refractivity contribution < 1.29 is 75.8 Å². The molecule has 0 bridgehead atoms. The van der Waals surface area contributed by atoms with Crippen LogP contribution in [-0.2, 0) is 55.8 Å². The van der Waals surface area contributed by atoms with Crippen LogP contribution in [0.2, 0.25) is 0 Å². The van der Waals surface area contributed by atoms with Gasteiger partial charge in [0.25, 0.3) is 0 Å². The highest BCUT2D eigenvalue weighted by molar-refractivity contribution is 7.47. The lowest BCUT2D eigenvalue weighted by Gasteiger charge is -2.21. The highest BCUT2D eigenvalue weighted by Crippen LogP contribution is 2.45. The van der Waals surface area contributed by atoms with Gasteiger partial charge in [-0.1, -0.05) is 298 Å². The number of hydrogen-bond donors (Lipinski definition) is 4. The summed E-state index contributed by atoms with van der Waals surface area (Å²) in [6, 6.07) is 0. The predicted molar refractivity (Wildman–Crippen MR) is 444 cm³/mol. The largest absolute Gasteiger partial charge is 0.472 e. The fourth-order valence-corrected chi connectivity index (χ4v) is 11.5. The summed E-state index contributed by atoms with van der Waals surface area (Å²) in [5.74, 6) is -1.64. The number of rotatable bonds is 74. The second-order valence-corrected chi connectivity index (χ2v) is 29.0. The topological polar surface area (TPSA) is 231 Å². The third kappa shape index (κ3) is 81.0. The van der Waals surface area contributed by atoms with E-state index in [2.05, 4.69) is 227 Å². The Morgan fingerprint density at radius 3 is 0.738 bits per heavy atom. The molecular weight excluding hydrogens is 1390 g/mol. The van der Waals surface area contributed by atoms with Crippen LogP contribution in [0.1, 0.15) is 278 Å². The van der Waals surface area contributed by atoms with Crippen LogP contribution in [0, 0.1) is 0 Å². The van der Waals surface area contributed by atoms with Crippen molar-refractivity contribution in [2.45, 2.75) is 296 Å². The molecule has 0 saturated carbocycles. The van der Waals surface area contributed by atoms with Gasteiger partial charge in [-0.05, 0) is 167 Å². The first-order valence-corrected chi connectivity index (χ1v) is 43.4. The molecule has 0 saturated heterocycles. The summed E-state index contributed by atoms with van der Waals surface area (Å²) in [6.45, 7) is 2.26. The summed E-state index contributed by atoms with van der Waals surface area (Å²) in [7, 11) is -9.83. The van der Waals surface area contributed by atoms with Crippen LogP contribution < -0.4 is 0 Å². The Kier molecular flexibility index (Phi) is 75.3. The molecule has 0 aromatic carbocycles. The number of hydrogen-bond acceptors (Lipinski definition) is 14. The average molecular weight is 1530 g/mol. The molecular formula is C89H142O16P2. The van der Waals surface area contributed by atoms with Crippen molar-refractivity contribution in [1.82, 2.24) is 0 Å². The van der Waals surface area contributed by atoms with Gasteiger partial charge >= 0.3 is 33.6 Å². The number of phosphoric acid groups is 2. The minimum atomic E-state index is -4.96. The lowest BCUT2D eigenvalue weighted by atomic mass is 10.1. The van der Waals surface area contributed by atoms with E-state index in [1.165, 1.54) is 0 Å². The maximum atomic E-state index is 13.0. The number of ether oxygens (including phenoxy) is 3. The Morgan fingerprint density at radius 1 is 0.262 bits per heavy atom. The molecule has 16 nitrogen and oxygen atoms in total. The number of aliphatic hydroxyl groups excluding tert-OH is 2. The van der Waals surface area contributed by atoms with Crippen molar-refractivity contribution in [1.29, 1.82) is 0 Å². The molecule has 4 N–H and O–H groups in total. The van der Waals surface area contributed by atoms with Crippen LogP contribution in [0.15, 0.2) is 207 Å². The first-order chi connectivity index (χ1) is 52.2. The summed E-state index contributed by atoms with van der Waals surface area (Å²) in [6.07, 6.45) is 106. The molecule has 0 heterocycles. The second kappa shape index (κ2) is 79.7. The molecule has 0 fully saturated rings. The SMILES string of the molecule is CC/C=C\C/C=C\C/C=C\C/C=C\C/C=C\C/C=C\CCCCCCCCC(=O)OCC(O)COP(=O)(O)OCC(O)COP(=O)(O)OCC(COC(=O)CCCCCC/C=C\C/C=C\C/C=C\C/C=C\C/C=C\C/C=C\CC)OC(=O)CCCCCCCCC/C=C\C/C=C\C/C=C\C/C=C\C/C=C\CC. The molecule has 0 aliphatic rings. The lowest BCUT2D eigenvalue weighted by molar-refractivity contribution is -0.161. The first kappa shape index (κ1) is 101. The molecule has 0 aromatic rings. The Labute approximate surface area is 648 Å². The van der Waals surface area contributed by atoms with Crippen molar-refractivity contribution in [2.75, 3.05) is 39.6 Å². The van der Waals surface area contributed by atoms with E-state index in [0.29, 0.717) is 19.3 Å². The maximum absolute atomic E-state index is 13.0. The molecule has 0 rings (SSSR count). The van der Waals surface area contributed by atoms with E-state index >= 15 is 0 Å². The summed E-state index contributed by atoms with van der Waals surface area (Å²) in [5.41, 5.74) is 0. The molecule has 5 unspecified atom stereocenters. The van der Waals surface area contributed by atoms with E-state index in [-0.39, 0.29) is 19.3 Å². The van der Waals surface area contributed by atoms with Gasteiger partial charge in [0.15, 0.2) is 6.10 Å². The van der Waals surface area contributed by atoms with Crippen LogP contribution in [0.5, 0.6) is 0 Å². The zero-order chi connectivity index (χ0) is 78.0. The molecule has 107 heavy (non-hydrogen) atoms. The van der Waals surface area contributed by atoms with Crippen LogP contribution in [0.25, 0.3) is 0 Å². The van der Waals surface area contributed by atoms with Crippen molar-refractivity contribution in [3.8, 4) is 0 Å². The van der Waals surface area contributed by atoms with Crippen molar-refractivity contribution >= 4 is 33.6 Å². The van der Waals surface area contributed by atoms with Gasteiger partial charge in [-0.15, -0.1) is 0 Å². The zero-order valence-corrected chi connectivity index (χ0v) is 67.8. The number of carbonyl (C=O) groups excluding carboxylic acids is 3. The van der Waals surface area contributed by atoms with E-state index < -0.39 is 91.5 Å². The number of unbranched alkanes of at least 4 members (excludes halogenated alkanes) is 17. The van der Waals surface area contributed by atoms with Crippen LogP contribution in [-0.4, -0.2) is 95.9 Å². The fourth-order valence-electron chi connectivity index (χ4n) is 9.96. The third-order valence-electron chi connectivity index (χ3n) is 16.0. The van der Waals surface area contributed by atoms with Crippen LogP contribution >= 0.6 is 15.6 Å². The molecule has 0 aliphatic heterocycles. The molecule has 0 radical (unpaired) electrons. The van der Waals surface area contributed by atoms with Gasteiger partial charge in [-0.2, -0.15) is 0 Å². The first-order valence-electron chi connectivity index (χ1n) is 40.4. The summed E-state index contributed by atoms with van der Waals surface area (Å²) >= 11 is 0. The maximum Gasteiger partial charge on any atom is 0.472 e. The Morgan fingerprint density at radius 2 is 0.467 bits per heavy atom. The smallest absolute Gasteiger partial charge is 0.463 e. The molecule has 0 spiro atoms. The number of esters is 3. The van der Waals surface area contributed by atoms with E-state index in [9.17, 15) is 43.5 Å². The van der Waals surface area contributed by atoms with Crippen molar-refractivity contribution in [3.63, 3.8) is 0 Å². The standard InChI is InChI=1S/C89H142O16P2/c1-4-7-10-13-16-19-22-25-28-31-34-37-40-41-44-46-48-51-54-57-60-63-66-69-72-75-87(92)99-78-84(90)79-101-106(95,96)102-80-85(91)81-103-107(97,98)104-83-86(105-89(94)77-74-71-68-65-62-59-56-53-50-47-43-39-36-33-30-27-24-21-18-15-12-9-6-3)82-100-88(93)76-73-70-67-64-61-58-55-52-49-45-42-38-35-32-29-26-23-20-17-14-11-8-5-2/h7-12,16-21,25-30,34-39,41,44-45,47-51,55,58,84-86,90-91H,4-6,13-15,22-24,31-33,40,42-43,46,52-54,56-57,59-83H2,1-3H3,(H,95,96)(H,97,98)/b10-7-,11-8-,12-9-,19-16-,20-17-,21-18-,28-25-,29-26-,30-27-,37-34-,38-35-,39-36-,44-41-,49-45-,50-47-,51-48-,58-55-. The predicted octanol–water partition coefficient (Wildman–Crippen LogP) is 24.1. The van der Waals surface area contributed by atoms with Gasteiger partial charge in [-0.25, -0.2) is 9.13 Å². The number of carbonyl (C=O) groups is 3. The Bertz CT molecular complexity index is 2770. The lowest BCUT2D eigenvalue weighted by Crippen LogP contribution is -2.30. The molecule has 604 valence electrons. The zero-order valence-electron chi connectivity index (χ0n) is 66.0. The van der Waals surface area contributed by atoms with E-state index in [0.717, 1.165) is 218 Å². The van der Waals surface area contributed by atoms with E-state index in [1.54, 1.807) is 0 Å². The Hall–Kier alpha value is -5.87. The fraction of sp³-hybridized carbons (Fsp3) is 0.584. The molecule has 18 heteroatoms. The molecule has 0 aromatic heterocycles. The van der Waals surface area contributed by atoms with E-state index in [1.807, 2.05) is 0 Å². The highest BCUT2D eigenvalue weighted by atomic mass is 31.2. The minimum Gasteiger partial charge on any atom is -0.463 e. The Balaban J connectivity index is 4.78. The third-order valence-corrected chi connectivity index (χ3v) is 17.9. The van der Waals surface area contributed by atoms with E-state index in [4.69, 9.17) is 32.3 Å². The normalized spacial score (nSPS) is 15.0. The highest BCUT2D eigenvalue weighted by Gasteiger charge is 2.29. The van der Waals surface area contributed by atoms with Crippen molar-refractivity contribution in [3.05, 3.63) is 207 Å². The van der Waals surface area contributed by atoms with Gasteiger partial charge < -0.3 is 34.2 Å². The summed E-state index contributed by atoms with van der Waals surface area (Å²) < 4.78 is 61.2. The number of phosphoric ester groups is 2. The molecule has 0 aliphatic carbocycles. The van der Waals surface area contributed by atoms with Gasteiger partial charge in [0, 0.05) is 19.3 Å². The molecule has 5 atom stereocenters. The van der Waals surface area contributed by atoms with Gasteiger partial charge in [0.2, 0.25) is 0 Å².